The van der Waals surface area contributed by atoms with Gasteiger partial charge in [-0.3, -0.25) is 9.59 Å². The summed E-state index contributed by atoms with van der Waals surface area (Å²) in [5, 5.41) is 20.1. The first-order valence-corrected chi connectivity index (χ1v) is 5.92. The van der Waals surface area contributed by atoms with Crippen molar-refractivity contribution >= 4 is 24.5 Å². The van der Waals surface area contributed by atoms with Crippen molar-refractivity contribution in [2.45, 2.75) is 26.4 Å². The average molecular weight is 263 g/mol. The SMILES string of the molecule is C=C[C@H](C(=O)O)[C@H](O)CC.CC(=O)NCCS. The van der Waals surface area contributed by atoms with Crippen LogP contribution in [0.3, 0.4) is 0 Å². The molecule has 0 saturated heterocycles. The average Bonchev–Trinajstić information content (AvgIpc) is 2.27. The van der Waals surface area contributed by atoms with Crippen molar-refractivity contribution < 1.29 is 19.8 Å². The van der Waals surface area contributed by atoms with Crippen LogP contribution in [-0.2, 0) is 9.59 Å². The minimum Gasteiger partial charge on any atom is -0.481 e. The number of amides is 1. The molecule has 0 aliphatic carbocycles. The molecule has 0 heterocycles. The van der Waals surface area contributed by atoms with Crippen molar-refractivity contribution in [3.8, 4) is 0 Å². The molecule has 6 heteroatoms. The third-order valence-corrected chi connectivity index (χ3v) is 2.08. The second kappa shape index (κ2) is 11.5. The Labute approximate surface area is 107 Å². The van der Waals surface area contributed by atoms with Gasteiger partial charge in [-0.05, 0) is 6.42 Å². The number of carbonyl (C=O) groups is 2. The maximum absolute atomic E-state index is 10.3. The first kappa shape index (κ1) is 18.4. The summed E-state index contributed by atoms with van der Waals surface area (Å²) in [6.07, 6.45) is 0.870. The van der Waals surface area contributed by atoms with E-state index in [-0.39, 0.29) is 5.91 Å². The van der Waals surface area contributed by atoms with Crippen LogP contribution in [0.2, 0.25) is 0 Å². The molecule has 0 aliphatic rings. The van der Waals surface area contributed by atoms with E-state index in [0.29, 0.717) is 18.7 Å². The number of rotatable bonds is 6. The fraction of sp³-hybridized carbons (Fsp3) is 0.636. The minimum absolute atomic E-state index is 0.00838. The quantitative estimate of drug-likeness (QED) is 0.419. The van der Waals surface area contributed by atoms with E-state index < -0.39 is 18.0 Å². The molecule has 0 aliphatic heterocycles. The third kappa shape index (κ3) is 11.3. The highest BCUT2D eigenvalue weighted by Crippen LogP contribution is 2.07. The van der Waals surface area contributed by atoms with E-state index in [1.165, 1.54) is 13.0 Å². The van der Waals surface area contributed by atoms with E-state index in [0.717, 1.165) is 0 Å². The number of carboxylic acids is 1. The minimum atomic E-state index is -1.02. The summed E-state index contributed by atoms with van der Waals surface area (Å²) in [6, 6.07) is 0. The summed E-state index contributed by atoms with van der Waals surface area (Å²) in [4.78, 5) is 20.4. The molecule has 0 aromatic rings. The Balaban J connectivity index is 0. The van der Waals surface area contributed by atoms with Crippen LogP contribution >= 0.6 is 12.6 Å². The van der Waals surface area contributed by atoms with Crippen LogP contribution in [0.4, 0.5) is 0 Å². The number of nitrogens with one attached hydrogen (secondary N) is 1. The van der Waals surface area contributed by atoms with E-state index in [4.69, 9.17) is 10.2 Å². The fourth-order valence-electron chi connectivity index (χ4n) is 0.908. The van der Waals surface area contributed by atoms with Crippen molar-refractivity contribution in [1.82, 2.24) is 5.32 Å². The monoisotopic (exact) mass is 263 g/mol. The van der Waals surface area contributed by atoms with Crippen LogP contribution in [0.5, 0.6) is 0 Å². The number of aliphatic carboxylic acids is 1. The molecule has 0 bridgehead atoms. The second-order valence-electron chi connectivity index (χ2n) is 3.28. The lowest BCUT2D eigenvalue weighted by molar-refractivity contribution is -0.143. The summed E-state index contributed by atoms with van der Waals surface area (Å²) >= 11 is 3.88. The maximum Gasteiger partial charge on any atom is 0.312 e. The molecule has 17 heavy (non-hydrogen) atoms. The van der Waals surface area contributed by atoms with Gasteiger partial charge in [-0.2, -0.15) is 12.6 Å². The number of hydrogen-bond acceptors (Lipinski definition) is 4. The lowest BCUT2D eigenvalue weighted by Crippen LogP contribution is -2.25. The van der Waals surface area contributed by atoms with Gasteiger partial charge in [-0.25, -0.2) is 0 Å². The predicted octanol–water partition coefficient (Wildman–Crippen LogP) is 0.696. The first-order valence-electron chi connectivity index (χ1n) is 5.29. The normalized spacial score (nSPS) is 12.7. The molecule has 0 saturated carbocycles. The molecule has 0 radical (unpaired) electrons. The number of aliphatic hydroxyl groups excluding tert-OH is 1. The highest BCUT2D eigenvalue weighted by molar-refractivity contribution is 7.80. The van der Waals surface area contributed by atoms with Crippen LogP contribution in [0.25, 0.3) is 0 Å². The van der Waals surface area contributed by atoms with E-state index in [9.17, 15) is 9.59 Å². The van der Waals surface area contributed by atoms with Gasteiger partial charge >= 0.3 is 5.97 Å². The molecule has 2 atom stereocenters. The van der Waals surface area contributed by atoms with Gasteiger partial charge < -0.3 is 15.5 Å². The molecular formula is C11H21NO4S. The zero-order chi connectivity index (χ0) is 13.8. The highest BCUT2D eigenvalue weighted by atomic mass is 32.1. The Hall–Kier alpha value is -1.01. The van der Waals surface area contributed by atoms with E-state index in [1.807, 2.05) is 0 Å². The Bertz CT molecular complexity index is 246. The van der Waals surface area contributed by atoms with Gasteiger partial charge in [-0.15, -0.1) is 6.58 Å². The number of aliphatic hydroxyl groups is 1. The highest BCUT2D eigenvalue weighted by Gasteiger charge is 2.20. The van der Waals surface area contributed by atoms with Gasteiger partial charge in [0.1, 0.15) is 5.92 Å². The number of hydrogen-bond donors (Lipinski definition) is 4. The number of thiol groups is 1. The van der Waals surface area contributed by atoms with Gasteiger partial charge in [0.25, 0.3) is 0 Å². The molecule has 0 fully saturated rings. The summed E-state index contributed by atoms with van der Waals surface area (Å²) in [5.74, 6) is -1.14. The summed E-state index contributed by atoms with van der Waals surface area (Å²) in [5.41, 5.74) is 0. The number of carboxylic acid groups (broad SMARTS) is 1. The summed E-state index contributed by atoms with van der Waals surface area (Å²) in [7, 11) is 0. The van der Waals surface area contributed by atoms with Crippen molar-refractivity contribution in [3.63, 3.8) is 0 Å². The molecule has 0 aromatic carbocycles. The summed E-state index contributed by atoms with van der Waals surface area (Å²) < 4.78 is 0. The Morgan fingerprint density at radius 2 is 2.06 bits per heavy atom. The topological polar surface area (TPSA) is 86.6 Å². The van der Waals surface area contributed by atoms with Crippen molar-refractivity contribution in [3.05, 3.63) is 12.7 Å². The van der Waals surface area contributed by atoms with Gasteiger partial charge in [0, 0.05) is 19.2 Å². The molecule has 5 nitrogen and oxygen atoms in total. The van der Waals surface area contributed by atoms with E-state index >= 15 is 0 Å². The molecule has 3 N–H and O–H groups in total. The molecule has 0 spiro atoms. The van der Waals surface area contributed by atoms with Gasteiger partial charge in [0.05, 0.1) is 6.10 Å². The Kier molecular flexibility index (Phi) is 12.4. The van der Waals surface area contributed by atoms with E-state index in [2.05, 4.69) is 24.5 Å². The maximum atomic E-state index is 10.3. The van der Waals surface area contributed by atoms with Gasteiger partial charge in [-0.1, -0.05) is 13.0 Å². The lowest BCUT2D eigenvalue weighted by atomic mass is 10.0. The van der Waals surface area contributed by atoms with Gasteiger partial charge in [0.2, 0.25) is 5.91 Å². The van der Waals surface area contributed by atoms with Crippen molar-refractivity contribution in [2.75, 3.05) is 12.3 Å². The van der Waals surface area contributed by atoms with Crippen molar-refractivity contribution in [1.29, 1.82) is 0 Å². The summed E-state index contributed by atoms with van der Waals surface area (Å²) in [6.45, 7) is 7.19. The van der Waals surface area contributed by atoms with Crippen LogP contribution < -0.4 is 5.32 Å². The molecule has 1 amide bonds. The first-order chi connectivity index (χ1) is 7.90. The number of carbonyl (C=O) groups excluding carboxylic acids is 1. The standard InChI is InChI=1S/C7H12O3.C4H9NOS/c1-3-5(7(9)10)6(8)4-2;1-4(6)5-2-3-7/h3,5-6,8H,1,4H2,2H3,(H,9,10);7H,2-3H2,1H3,(H,5,6)/t5-,6+;/m0./s1. The second-order valence-corrected chi connectivity index (χ2v) is 3.73. The smallest absolute Gasteiger partial charge is 0.312 e. The molecule has 0 rings (SSSR count). The van der Waals surface area contributed by atoms with Crippen LogP contribution in [-0.4, -0.2) is 40.5 Å². The molecule has 0 unspecified atom stereocenters. The Morgan fingerprint density at radius 3 is 2.18 bits per heavy atom. The zero-order valence-corrected chi connectivity index (χ0v) is 11.1. The van der Waals surface area contributed by atoms with E-state index in [1.54, 1.807) is 6.92 Å². The lowest BCUT2D eigenvalue weighted by Gasteiger charge is -2.12. The molecular weight excluding hydrogens is 242 g/mol. The van der Waals surface area contributed by atoms with Crippen LogP contribution in [0, 0.1) is 5.92 Å². The van der Waals surface area contributed by atoms with Crippen molar-refractivity contribution in [2.24, 2.45) is 5.92 Å². The van der Waals surface area contributed by atoms with Crippen LogP contribution in [0.1, 0.15) is 20.3 Å². The largest absolute Gasteiger partial charge is 0.481 e. The zero-order valence-electron chi connectivity index (χ0n) is 10.2. The van der Waals surface area contributed by atoms with Gasteiger partial charge in [0.15, 0.2) is 0 Å². The molecule has 0 aromatic heterocycles. The molecule has 100 valence electrons. The van der Waals surface area contributed by atoms with Crippen LogP contribution in [0.15, 0.2) is 12.7 Å². The third-order valence-electron chi connectivity index (χ3n) is 1.86. The fourth-order valence-corrected chi connectivity index (χ4v) is 1.02. The Morgan fingerprint density at radius 1 is 1.53 bits per heavy atom. The predicted molar refractivity (Wildman–Crippen MR) is 70.2 cm³/mol.